The highest BCUT2D eigenvalue weighted by Gasteiger charge is 2.36. The predicted octanol–water partition coefficient (Wildman–Crippen LogP) is 3.23. The van der Waals surface area contributed by atoms with Crippen molar-refractivity contribution in [2.75, 3.05) is 32.7 Å². The Balaban J connectivity index is 1.85. The van der Waals surface area contributed by atoms with Crippen molar-refractivity contribution in [3.63, 3.8) is 0 Å². The topological polar surface area (TPSA) is 32.5 Å². The third-order valence-electron chi connectivity index (χ3n) is 5.83. The van der Waals surface area contributed by atoms with Gasteiger partial charge in [-0.15, -0.1) is 0 Å². The van der Waals surface area contributed by atoms with Crippen molar-refractivity contribution in [3.8, 4) is 0 Å². The molecule has 2 rings (SSSR count). The van der Waals surface area contributed by atoms with E-state index in [0.29, 0.717) is 0 Å². The number of nitrogens with zero attached hydrogens (tertiary/aromatic N) is 2. The molecule has 2 fully saturated rings. The van der Waals surface area contributed by atoms with Crippen LogP contribution in [0.5, 0.6) is 0 Å². The first-order chi connectivity index (χ1) is 10.2. The molecule has 0 radical (unpaired) electrons. The molecule has 0 spiro atoms. The van der Waals surface area contributed by atoms with Crippen LogP contribution in [0.1, 0.15) is 71.6 Å². The van der Waals surface area contributed by atoms with Crippen molar-refractivity contribution in [2.45, 2.75) is 83.2 Å². The Morgan fingerprint density at radius 2 is 1.81 bits per heavy atom. The standard InChI is InChI=1S/C18H37N3/c1-3-4-5-6-7-11-18(2,16-19)21-14-9-13-20-12-8-10-17(20)15-21/h17H,3-16,19H2,1-2H3. The molecule has 2 aliphatic rings. The van der Waals surface area contributed by atoms with Gasteiger partial charge in [-0.3, -0.25) is 9.80 Å². The van der Waals surface area contributed by atoms with Gasteiger partial charge < -0.3 is 5.73 Å². The molecule has 0 aromatic rings. The number of hydrogen-bond acceptors (Lipinski definition) is 3. The molecule has 2 atom stereocenters. The summed E-state index contributed by atoms with van der Waals surface area (Å²) in [5.41, 5.74) is 6.44. The fourth-order valence-corrected chi connectivity index (χ4v) is 4.20. The van der Waals surface area contributed by atoms with Gasteiger partial charge in [0.15, 0.2) is 0 Å². The molecule has 3 heteroatoms. The molecule has 0 bridgehead atoms. The molecule has 3 nitrogen and oxygen atoms in total. The fraction of sp³-hybridized carbons (Fsp3) is 1.00. The van der Waals surface area contributed by atoms with Gasteiger partial charge in [-0.2, -0.15) is 0 Å². The number of nitrogens with two attached hydrogens (primary N) is 1. The summed E-state index contributed by atoms with van der Waals surface area (Å²) in [6.07, 6.45) is 12.2. The Kier molecular flexibility index (Phi) is 6.97. The molecule has 0 aromatic carbocycles. The lowest BCUT2D eigenvalue weighted by Crippen LogP contribution is -2.54. The summed E-state index contributed by atoms with van der Waals surface area (Å²) in [5.74, 6) is 0. The second-order valence-corrected chi connectivity index (χ2v) is 7.50. The van der Waals surface area contributed by atoms with Crippen molar-refractivity contribution in [3.05, 3.63) is 0 Å². The van der Waals surface area contributed by atoms with Crippen LogP contribution >= 0.6 is 0 Å². The van der Waals surface area contributed by atoms with Gasteiger partial charge in [-0.05, 0) is 45.7 Å². The minimum atomic E-state index is 0.227. The summed E-state index contributed by atoms with van der Waals surface area (Å²) in [4.78, 5) is 5.46. The van der Waals surface area contributed by atoms with Gasteiger partial charge in [-0.25, -0.2) is 0 Å². The van der Waals surface area contributed by atoms with E-state index < -0.39 is 0 Å². The lowest BCUT2D eigenvalue weighted by molar-refractivity contribution is 0.0889. The molecule has 2 saturated heterocycles. The highest BCUT2D eigenvalue weighted by molar-refractivity contribution is 4.93. The van der Waals surface area contributed by atoms with Crippen LogP contribution in [0.15, 0.2) is 0 Å². The first kappa shape index (κ1) is 17.2. The van der Waals surface area contributed by atoms with Gasteiger partial charge in [-0.1, -0.05) is 39.0 Å². The molecule has 0 amide bonds. The van der Waals surface area contributed by atoms with Crippen molar-refractivity contribution < 1.29 is 0 Å². The number of unbranched alkanes of at least 4 members (excludes halogenated alkanes) is 4. The molecular formula is C18H37N3. The van der Waals surface area contributed by atoms with Crippen LogP contribution in [0.3, 0.4) is 0 Å². The average Bonchev–Trinajstić information content (AvgIpc) is 2.83. The fourth-order valence-electron chi connectivity index (χ4n) is 4.20. The molecule has 2 N–H and O–H groups in total. The maximum Gasteiger partial charge on any atom is 0.0304 e. The third-order valence-corrected chi connectivity index (χ3v) is 5.83. The van der Waals surface area contributed by atoms with Crippen molar-refractivity contribution in [1.29, 1.82) is 0 Å². The van der Waals surface area contributed by atoms with Gasteiger partial charge in [0.25, 0.3) is 0 Å². The summed E-state index contributed by atoms with van der Waals surface area (Å²) in [5, 5.41) is 0. The SMILES string of the molecule is CCCCCCCC(C)(CN)N1CCCN2CCCC2C1. The largest absolute Gasteiger partial charge is 0.329 e. The minimum absolute atomic E-state index is 0.227. The average molecular weight is 296 g/mol. The monoisotopic (exact) mass is 295 g/mol. The second kappa shape index (κ2) is 8.50. The van der Waals surface area contributed by atoms with E-state index in [1.54, 1.807) is 0 Å². The van der Waals surface area contributed by atoms with Crippen LogP contribution in [0.4, 0.5) is 0 Å². The first-order valence-corrected chi connectivity index (χ1v) is 9.39. The Labute approximate surface area is 132 Å². The van der Waals surface area contributed by atoms with Crippen molar-refractivity contribution >= 4 is 0 Å². The normalized spacial score (nSPS) is 27.3. The smallest absolute Gasteiger partial charge is 0.0304 e. The molecule has 2 aliphatic heterocycles. The van der Waals surface area contributed by atoms with Gasteiger partial charge >= 0.3 is 0 Å². The van der Waals surface area contributed by atoms with E-state index in [0.717, 1.165) is 12.6 Å². The van der Waals surface area contributed by atoms with E-state index in [-0.39, 0.29) is 5.54 Å². The molecule has 0 saturated carbocycles. The summed E-state index contributed by atoms with van der Waals surface area (Å²) in [6, 6.07) is 0.804. The lowest BCUT2D eigenvalue weighted by Gasteiger charge is -2.41. The second-order valence-electron chi connectivity index (χ2n) is 7.50. The van der Waals surface area contributed by atoms with E-state index in [4.69, 9.17) is 5.73 Å². The van der Waals surface area contributed by atoms with Crippen LogP contribution in [-0.2, 0) is 0 Å². The van der Waals surface area contributed by atoms with Crippen LogP contribution in [0.25, 0.3) is 0 Å². The van der Waals surface area contributed by atoms with Gasteiger partial charge in [0.1, 0.15) is 0 Å². The number of hydrogen-bond donors (Lipinski definition) is 1. The lowest BCUT2D eigenvalue weighted by atomic mass is 9.91. The summed E-state index contributed by atoms with van der Waals surface area (Å²) in [6.45, 7) is 10.6. The molecule has 0 aliphatic carbocycles. The molecule has 2 unspecified atom stereocenters. The highest BCUT2D eigenvalue weighted by Crippen LogP contribution is 2.28. The van der Waals surface area contributed by atoms with E-state index in [2.05, 4.69) is 23.6 Å². The van der Waals surface area contributed by atoms with Crippen molar-refractivity contribution in [1.82, 2.24) is 9.80 Å². The van der Waals surface area contributed by atoms with Crippen LogP contribution in [0, 0.1) is 0 Å². The van der Waals surface area contributed by atoms with E-state index in [1.807, 2.05) is 0 Å². The zero-order valence-corrected chi connectivity index (χ0v) is 14.4. The maximum atomic E-state index is 6.21. The summed E-state index contributed by atoms with van der Waals surface area (Å²) < 4.78 is 0. The van der Waals surface area contributed by atoms with Crippen LogP contribution in [0.2, 0.25) is 0 Å². The third kappa shape index (κ3) is 4.67. The maximum absolute atomic E-state index is 6.21. The summed E-state index contributed by atoms with van der Waals surface area (Å²) in [7, 11) is 0. The number of fused-ring (bicyclic) bond motifs is 1. The molecule has 2 heterocycles. The van der Waals surface area contributed by atoms with Crippen molar-refractivity contribution in [2.24, 2.45) is 5.73 Å². The van der Waals surface area contributed by atoms with E-state index in [9.17, 15) is 0 Å². The molecule has 124 valence electrons. The van der Waals surface area contributed by atoms with Crippen LogP contribution < -0.4 is 5.73 Å². The quantitative estimate of drug-likeness (QED) is 0.698. The zero-order valence-electron chi connectivity index (χ0n) is 14.4. The van der Waals surface area contributed by atoms with Crippen LogP contribution in [-0.4, -0.2) is 54.1 Å². The Morgan fingerprint density at radius 1 is 1.05 bits per heavy atom. The van der Waals surface area contributed by atoms with Gasteiger partial charge in [0.2, 0.25) is 0 Å². The molecular weight excluding hydrogens is 258 g/mol. The molecule has 21 heavy (non-hydrogen) atoms. The Hall–Kier alpha value is -0.120. The zero-order chi connectivity index (χ0) is 15.1. The minimum Gasteiger partial charge on any atom is -0.329 e. The Morgan fingerprint density at radius 3 is 2.57 bits per heavy atom. The van der Waals surface area contributed by atoms with E-state index in [1.165, 1.54) is 84.0 Å². The van der Waals surface area contributed by atoms with Gasteiger partial charge in [0, 0.05) is 31.2 Å². The number of rotatable bonds is 8. The highest BCUT2D eigenvalue weighted by atomic mass is 15.3. The molecule has 0 aromatic heterocycles. The Bertz CT molecular complexity index is 294. The van der Waals surface area contributed by atoms with Gasteiger partial charge in [0.05, 0.1) is 0 Å². The van der Waals surface area contributed by atoms with E-state index >= 15 is 0 Å². The first-order valence-electron chi connectivity index (χ1n) is 9.39. The predicted molar refractivity (Wildman–Crippen MR) is 91.6 cm³/mol. The summed E-state index contributed by atoms with van der Waals surface area (Å²) >= 11 is 0.